The number of phenols is 3. The van der Waals surface area contributed by atoms with E-state index in [1.54, 1.807) is 6.07 Å². The summed E-state index contributed by atoms with van der Waals surface area (Å²) in [7, 11) is 0. The van der Waals surface area contributed by atoms with Crippen LogP contribution < -0.4 is 5.32 Å². The molecule has 5 heteroatoms. The number of ether oxygens (including phenoxy) is 1. The zero-order chi connectivity index (χ0) is 10.8. The first kappa shape index (κ1) is 10.1. The molecule has 0 aliphatic carbocycles. The van der Waals surface area contributed by atoms with Gasteiger partial charge >= 0.3 is 0 Å². The highest BCUT2D eigenvalue weighted by Gasteiger charge is 2.21. The van der Waals surface area contributed by atoms with Crippen LogP contribution in [0.3, 0.4) is 0 Å². The van der Waals surface area contributed by atoms with Crippen LogP contribution in [0, 0.1) is 0 Å². The zero-order valence-corrected chi connectivity index (χ0v) is 8.10. The van der Waals surface area contributed by atoms with Gasteiger partial charge in [-0.1, -0.05) is 0 Å². The minimum atomic E-state index is -0.498. The highest BCUT2D eigenvalue weighted by Crippen LogP contribution is 2.40. The fourth-order valence-corrected chi connectivity index (χ4v) is 1.61. The highest BCUT2D eigenvalue weighted by molar-refractivity contribution is 5.53. The molecular formula is C10H13NO4. The normalized spacial score (nSPS) is 21.5. The third-order valence-corrected chi connectivity index (χ3v) is 2.44. The smallest absolute Gasteiger partial charge is 0.200 e. The molecule has 5 nitrogen and oxygen atoms in total. The summed E-state index contributed by atoms with van der Waals surface area (Å²) in [6, 6.07) is 2.88. The summed E-state index contributed by atoms with van der Waals surface area (Å²) in [6.45, 7) is 1.92. The molecule has 0 radical (unpaired) electrons. The van der Waals surface area contributed by atoms with Gasteiger partial charge in [0.05, 0.1) is 12.7 Å². The maximum Gasteiger partial charge on any atom is 0.200 e. The van der Waals surface area contributed by atoms with Crippen LogP contribution >= 0.6 is 0 Å². The Labute approximate surface area is 86.9 Å². The number of hydrogen-bond donors (Lipinski definition) is 4. The Balaban J connectivity index is 2.31. The maximum atomic E-state index is 9.61. The first-order valence-corrected chi connectivity index (χ1v) is 4.76. The van der Waals surface area contributed by atoms with Crippen LogP contribution in [0.4, 0.5) is 0 Å². The number of rotatable bonds is 1. The van der Waals surface area contributed by atoms with E-state index in [9.17, 15) is 10.2 Å². The van der Waals surface area contributed by atoms with Crippen molar-refractivity contribution in [3.05, 3.63) is 17.7 Å². The molecule has 1 heterocycles. The lowest BCUT2D eigenvalue weighted by atomic mass is 10.1. The fourth-order valence-electron chi connectivity index (χ4n) is 1.61. The molecular weight excluding hydrogens is 198 g/mol. The Morgan fingerprint density at radius 3 is 2.67 bits per heavy atom. The van der Waals surface area contributed by atoms with E-state index in [2.05, 4.69) is 5.32 Å². The zero-order valence-electron chi connectivity index (χ0n) is 8.10. The van der Waals surface area contributed by atoms with Crippen LogP contribution in [0.5, 0.6) is 17.2 Å². The molecule has 15 heavy (non-hydrogen) atoms. The quantitative estimate of drug-likeness (QED) is 0.507. The van der Waals surface area contributed by atoms with Crippen LogP contribution in [-0.4, -0.2) is 35.0 Å². The molecule has 0 aromatic heterocycles. The minimum absolute atomic E-state index is 0.287. The molecule has 1 fully saturated rings. The average Bonchev–Trinajstić information content (AvgIpc) is 2.27. The predicted molar refractivity (Wildman–Crippen MR) is 53.0 cm³/mol. The van der Waals surface area contributed by atoms with Gasteiger partial charge in [-0.3, -0.25) is 0 Å². The number of hydrogen-bond acceptors (Lipinski definition) is 5. The van der Waals surface area contributed by atoms with Crippen molar-refractivity contribution in [3.8, 4) is 17.2 Å². The van der Waals surface area contributed by atoms with E-state index in [0.717, 1.165) is 6.54 Å². The Morgan fingerprint density at radius 1 is 1.20 bits per heavy atom. The van der Waals surface area contributed by atoms with Crippen LogP contribution in [0.1, 0.15) is 11.7 Å². The van der Waals surface area contributed by atoms with Gasteiger partial charge in [0.2, 0.25) is 5.75 Å². The van der Waals surface area contributed by atoms with Crippen LogP contribution in [0.15, 0.2) is 12.1 Å². The van der Waals surface area contributed by atoms with E-state index in [4.69, 9.17) is 9.84 Å². The number of morpholine rings is 1. The van der Waals surface area contributed by atoms with Gasteiger partial charge in [0, 0.05) is 18.7 Å². The number of benzene rings is 1. The summed E-state index contributed by atoms with van der Waals surface area (Å²) in [6.07, 6.45) is -0.287. The third kappa shape index (κ3) is 1.84. The monoisotopic (exact) mass is 211 g/mol. The van der Waals surface area contributed by atoms with Crippen molar-refractivity contribution in [2.45, 2.75) is 6.10 Å². The standard InChI is InChI=1S/C10H13NO4/c12-7-2-1-6(9(13)10(7)14)8-5-11-3-4-15-8/h1-2,8,11-14H,3-5H2. The van der Waals surface area contributed by atoms with Crippen molar-refractivity contribution >= 4 is 0 Å². The molecule has 1 aromatic carbocycles. The first-order chi connectivity index (χ1) is 7.20. The van der Waals surface area contributed by atoms with Crippen molar-refractivity contribution in [3.63, 3.8) is 0 Å². The van der Waals surface area contributed by atoms with Gasteiger partial charge < -0.3 is 25.4 Å². The van der Waals surface area contributed by atoms with E-state index < -0.39 is 5.75 Å². The third-order valence-electron chi connectivity index (χ3n) is 2.44. The number of nitrogens with one attached hydrogen (secondary N) is 1. The lowest BCUT2D eigenvalue weighted by Gasteiger charge is -2.24. The Morgan fingerprint density at radius 2 is 2.00 bits per heavy atom. The van der Waals surface area contributed by atoms with Crippen molar-refractivity contribution in [2.75, 3.05) is 19.7 Å². The molecule has 1 unspecified atom stereocenters. The first-order valence-electron chi connectivity index (χ1n) is 4.76. The van der Waals surface area contributed by atoms with Crippen LogP contribution in [0.2, 0.25) is 0 Å². The summed E-state index contributed by atoms with van der Waals surface area (Å²) in [5.74, 6) is -1.15. The van der Waals surface area contributed by atoms with Gasteiger partial charge in [-0.25, -0.2) is 0 Å². The lowest BCUT2D eigenvalue weighted by Crippen LogP contribution is -2.33. The molecule has 0 spiro atoms. The largest absolute Gasteiger partial charge is 0.504 e. The summed E-state index contributed by atoms with van der Waals surface area (Å²) in [5.41, 5.74) is 0.484. The SMILES string of the molecule is Oc1ccc(C2CNCCO2)c(O)c1O. The van der Waals surface area contributed by atoms with Gasteiger partial charge in [-0.2, -0.15) is 0 Å². The molecule has 1 aliphatic heterocycles. The minimum Gasteiger partial charge on any atom is -0.504 e. The molecule has 1 atom stereocenters. The van der Waals surface area contributed by atoms with Crippen molar-refractivity contribution in [1.82, 2.24) is 5.32 Å². The molecule has 0 saturated carbocycles. The van der Waals surface area contributed by atoms with E-state index in [1.807, 2.05) is 0 Å². The van der Waals surface area contributed by atoms with E-state index in [0.29, 0.717) is 18.7 Å². The second kappa shape index (κ2) is 3.96. The van der Waals surface area contributed by atoms with Gasteiger partial charge in [0.15, 0.2) is 11.5 Å². The summed E-state index contributed by atoms with van der Waals surface area (Å²) in [4.78, 5) is 0. The number of phenolic OH excluding ortho intramolecular Hbond substituents is 3. The van der Waals surface area contributed by atoms with Gasteiger partial charge in [-0.15, -0.1) is 0 Å². The van der Waals surface area contributed by atoms with Gasteiger partial charge in [0.1, 0.15) is 0 Å². The van der Waals surface area contributed by atoms with Crippen molar-refractivity contribution in [1.29, 1.82) is 0 Å². The van der Waals surface area contributed by atoms with Crippen LogP contribution in [-0.2, 0) is 4.74 Å². The summed E-state index contributed by atoms with van der Waals surface area (Å²) >= 11 is 0. The van der Waals surface area contributed by atoms with E-state index in [-0.39, 0.29) is 17.6 Å². The van der Waals surface area contributed by atoms with Gasteiger partial charge in [0.25, 0.3) is 0 Å². The molecule has 1 saturated heterocycles. The summed E-state index contributed by atoms with van der Waals surface area (Å²) in [5, 5.41) is 31.2. The molecule has 82 valence electrons. The van der Waals surface area contributed by atoms with Crippen molar-refractivity contribution in [2.24, 2.45) is 0 Å². The van der Waals surface area contributed by atoms with E-state index >= 15 is 0 Å². The molecule has 1 aromatic rings. The predicted octanol–water partition coefficient (Wildman–Crippen LogP) is 0.464. The molecule has 2 rings (SSSR count). The Bertz CT molecular complexity index is 361. The maximum absolute atomic E-state index is 9.61. The van der Waals surface area contributed by atoms with Gasteiger partial charge in [-0.05, 0) is 12.1 Å². The fraction of sp³-hybridized carbons (Fsp3) is 0.400. The van der Waals surface area contributed by atoms with Crippen LogP contribution in [0.25, 0.3) is 0 Å². The average molecular weight is 211 g/mol. The van der Waals surface area contributed by atoms with E-state index in [1.165, 1.54) is 6.07 Å². The second-order valence-electron chi connectivity index (χ2n) is 3.43. The molecule has 1 aliphatic rings. The summed E-state index contributed by atoms with van der Waals surface area (Å²) < 4.78 is 5.42. The second-order valence-corrected chi connectivity index (χ2v) is 3.43. The molecule has 0 amide bonds. The Hall–Kier alpha value is -1.46. The molecule has 4 N–H and O–H groups in total. The van der Waals surface area contributed by atoms with Crippen molar-refractivity contribution < 1.29 is 20.1 Å². The highest BCUT2D eigenvalue weighted by atomic mass is 16.5. The number of aromatic hydroxyl groups is 3. The lowest BCUT2D eigenvalue weighted by molar-refractivity contribution is 0.0260. The topological polar surface area (TPSA) is 82.0 Å². The Kier molecular flexibility index (Phi) is 2.66. The molecule has 0 bridgehead atoms.